The molecule has 0 atom stereocenters. The Morgan fingerprint density at radius 2 is 0.480 bits per heavy atom. The number of hydrogen-bond acceptors (Lipinski definition) is 4. The molecule has 0 fully saturated rings. The minimum atomic E-state index is 0. The third-order valence-electron chi connectivity index (χ3n) is 4.88. The van der Waals surface area contributed by atoms with Crippen molar-refractivity contribution in [3.05, 3.63) is 0 Å². The van der Waals surface area contributed by atoms with Crippen LogP contribution in [0.2, 0.25) is 0 Å². The lowest BCUT2D eigenvalue weighted by Crippen LogP contribution is -2.43. The summed E-state index contributed by atoms with van der Waals surface area (Å²) in [5.41, 5.74) is 0. The maximum atomic E-state index is 2.66. The standard InChI is InChI=1S/C18H42N4.3ClH/c1-7-19(8-2)13-16-22(17-14-20(9-3)10-4)18-15-21(11-5)12-6;;;/h7-18H2,1-6H3;3*1H. The zero-order chi connectivity index (χ0) is 16.8. The molecular formula is C18H45Cl3N4. The molecule has 0 aliphatic rings. The molecular weight excluding hydrogens is 379 g/mol. The molecule has 7 heteroatoms. The maximum absolute atomic E-state index is 2.66. The van der Waals surface area contributed by atoms with Crippen molar-refractivity contribution in [3.8, 4) is 0 Å². The van der Waals surface area contributed by atoms with E-state index in [2.05, 4.69) is 61.1 Å². The molecule has 0 unspecified atom stereocenters. The highest BCUT2D eigenvalue weighted by Crippen LogP contribution is 1.97. The van der Waals surface area contributed by atoms with E-state index in [1.54, 1.807) is 0 Å². The largest absolute Gasteiger partial charge is 0.303 e. The van der Waals surface area contributed by atoms with E-state index in [9.17, 15) is 0 Å². The van der Waals surface area contributed by atoms with Crippen LogP contribution in [0.4, 0.5) is 0 Å². The fourth-order valence-electron chi connectivity index (χ4n) is 2.80. The van der Waals surface area contributed by atoms with Crippen LogP contribution in [-0.2, 0) is 0 Å². The average molecular weight is 424 g/mol. The van der Waals surface area contributed by atoms with Crippen LogP contribution in [0.3, 0.4) is 0 Å². The van der Waals surface area contributed by atoms with Crippen LogP contribution in [0.25, 0.3) is 0 Å². The van der Waals surface area contributed by atoms with E-state index < -0.39 is 0 Å². The van der Waals surface area contributed by atoms with Crippen LogP contribution in [0.1, 0.15) is 41.5 Å². The summed E-state index contributed by atoms with van der Waals surface area (Å²) < 4.78 is 0. The summed E-state index contributed by atoms with van der Waals surface area (Å²) in [4.78, 5) is 10.3. The van der Waals surface area contributed by atoms with Crippen molar-refractivity contribution < 1.29 is 0 Å². The van der Waals surface area contributed by atoms with Gasteiger partial charge in [-0.25, -0.2) is 0 Å². The minimum absolute atomic E-state index is 0. The lowest BCUT2D eigenvalue weighted by molar-refractivity contribution is 0.165. The molecule has 0 aromatic rings. The summed E-state index contributed by atoms with van der Waals surface area (Å²) >= 11 is 0. The molecule has 0 aromatic heterocycles. The average Bonchev–Trinajstić information content (AvgIpc) is 2.56. The smallest absolute Gasteiger partial charge is 0.0110 e. The van der Waals surface area contributed by atoms with Gasteiger partial charge in [0.05, 0.1) is 0 Å². The zero-order valence-electron chi connectivity index (χ0n) is 17.5. The van der Waals surface area contributed by atoms with Crippen LogP contribution in [0.5, 0.6) is 0 Å². The van der Waals surface area contributed by atoms with Crippen LogP contribution in [0.15, 0.2) is 0 Å². The molecule has 0 N–H and O–H groups in total. The first-order valence-electron chi connectivity index (χ1n) is 9.54. The quantitative estimate of drug-likeness (QED) is 0.399. The van der Waals surface area contributed by atoms with E-state index in [1.165, 1.54) is 39.3 Å². The van der Waals surface area contributed by atoms with Crippen molar-refractivity contribution in [3.63, 3.8) is 0 Å². The predicted molar refractivity (Wildman–Crippen MR) is 122 cm³/mol. The van der Waals surface area contributed by atoms with Gasteiger partial charge in [-0.3, -0.25) is 4.90 Å². The molecule has 0 radical (unpaired) electrons. The highest BCUT2D eigenvalue weighted by atomic mass is 35.5. The van der Waals surface area contributed by atoms with Crippen LogP contribution in [-0.4, -0.2) is 98.1 Å². The second-order valence-electron chi connectivity index (χ2n) is 5.92. The SMILES string of the molecule is CCN(CC)CCN(CCN(CC)CC)CCN(CC)CC.Cl.Cl.Cl. The normalized spacial score (nSPS) is 10.8. The van der Waals surface area contributed by atoms with Gasteiger partial charge in [0.15, 0.2) is 0 Å². The molecule has 0 saturated heterocycles. The van der Waals surface area contributed by atoms with Crippen molar-refractivity contribution in [2.75, 3.05) is 78.5 Å². The number of halogens is 3. The number of nitrogens with zero attached hydrogens (tertiary/aromatic N) is 4. The molecule has 25 heavy (non-hydrogen) atoms. The second kappa shape index (κ2) is 22.8. The van der Waals surface area contributed by atoms with Gasteiger partial charge in [-0.05, 0) is 39.3 Å². The Balaban J connectivity index is -0.000000735. The molecule has 0 rings (SSSR count). The van der Waals surface area contributed by atoms with E-state index in [0.29, 0.717) is 0 Å². The third-order valence-corrected chi connectivity index (χ3v) is 4.88. The van der Waals surface area contributed by atoms with E-state index in [4.69, 9.17) is 0 Å². The summed E-state index contributed by atoms with van der Waals surface area (Å²) in [7, 11) is 0. The van der Waals surface area contributed by atoms with Crippen molar-refractivity contribution in [1.29, 1.82) is 0 Å². The first-order chi connectivity index (χ1) is 10.6. The number of likely N-dealkylation sites (N-methyl/N-ethyl adjacent to an activating group) is 3. The molecule has 0 aromatic carbocycles. The summed E-state index contributed by atoms with van der Waals surface area (Å²) in [5, 5.41) is 0. The molecule has 0 bridgehead atoms. The van der Waals surface area contributed by atoms with Crippen molar-refractivity contribution >= 4 is 37.2 Å². The number of rotatable bonds is 15. The maximum Gasteiger partial charge on any atom is 0.0110 e. The topological polar surface area (TPSA) is 13.0 Å². The zero-order valence-corrected chi connectivity index (χ0v) is 19.9. The van der Waals surface area contributed by atoms with Gasteiger partial charge in [0, 0.05) is 39.3 Å². The molecule has 158 valence electrons. The summed E-state index contributed by atoms with van der Waals surface area (Å²) in [6.07, 6.45) is 0. The Kier molecular flexibility index (Phi) is 30.3. The van der Waals surface area contributed by atoms with Gasteiger partial charge in [0.1, 0.15) is 0 Å². The van der Waals surface area contributed by atoms with Gasteiger partial charge in [-0.15, -0.1) is 37.2 Å². The van der Waals surface area contributed by atoms with Gasteiger partial charge in [-0.2, -0.15) is 0 Å². The van der Waals surface area contributed by atoms with E-state index in [-0.39, 0.29) is 37.2 Å². The molecule has 0 saturated carbocycles. The molecule has 0 spiro atoms. The fourth-order valence-corrected chi connectivity index (χ4v) is 2.80. The number of hydrogen-bond donors (Lipinski definition) is 0. The van der Waals surface area contributed by atoms with Gasteiger partial charge >= 0.3 is 0 Å². The van der Waals surface area contributed by atoms with Gasteiger partial charge < -0.3 is 14.7 Å². The Bertz CT molecular complexity index is 198. The minimum Gasteiger partial charge on any atom is -0.303 e. The van der Waals surface area contributed by atoms with Crippen LogP contribution >= 0.6 is 37.2 Å². The van der Waals surface area contributed by atoms with Gasteiger partial charge in [-0.1, -0.05) is 41.5 Å². The van der Waals surface area contributed by atoms with Crippen LogP contribution < -0.4 is 0 Å². The fraction of sp³-hybridized carbons (Fsp3) is 1.00. The first kappa shape index (κ1) is 33.3. The van der Waals surface area contributed by atoms with E-state index >= 15 is 0 Å². The first-order valence-corrected chi connectivity index (χ1v) is 9.54. The third kappa shape index (κ3) is 16.6. The molecule has 0 aliphatic carbocycles. The molecule has 4 nitrogen and oxygen atoms in total. The van der Waals surface area contributed by atoms with Crippen molar-refractivity contribution in [1.82, 2.24) is 19.6 Å². The van der Waals surface area contributed by atoms with E-state index in [0.717, 1.165) is 39.3 Å². The predicted octanol–water partition coefficient (Wildman–Crippen LogP) is 3.58. The van der Waals surface area contributed by atoms with Crippen LogP contribution in [0, 0.1) is 0 Å². The van der Waals surface area contributed by atoms with Crippen molar-refractivity contribution in [2.24, 2.45) is 0 Å². The summed E-state index contributed by atoms with van der Waals surface area (Å²) in [6.45, 7) is 27.7. The lowest BCUT2D eigenvalue weighted by Gasteiger charge is -2.30. The Labute approximate surface area is 176 Å². The van der Waals surface area contributed by atoms with E-state index in [1.807, 2.05) is 0 Å². The second-order valence-corrected chi connectivity index (χ2v) is 5.92. The lowest BCUT2D eigenvalue weighted by atomic mass is 10.3. The Hall–Kier alpha value is 0.710. The van der Waals surface area contributed by atoms with Crippen molar-refractivity contribution in [2.45, 2.75) is 41.5 Å². The monoisotopic (exact) mass is 422 g/mol. The Morgan fingerprint density at radius 3 is 0.640 bits per heavy atom. The van der Waals surface area contributed by atoms with Gasteiger partial charge in [0.2, 0.25) is 0 Å². The molecule has 0 aliphatic heterocycles. The highest BCUT2D eigenvalue weighted by molar-refractivity contribution is 5.86. The summed E-state index contributed by atoms with van der Waals surface area (Å²) in [5.74, 6) is 0. The highest BCUT2D eigenvalue weighted by Gasteiger charge is 2.10. The molecule has 0 amide bonds. The Morgan fingerprint density at radius 1 is 0.320 bits per heavy atom. The summed E-state index contributed by atoms with van der Waals surface area (Å²) in [6, 6.07) is 0. The van der Waals surface area contributed by atoms with Gasteiger partial charge in [0.25, 0.3) is 0 Å². The molecule has 0 heterocycles.